The summed E-state index contributed by atoms with van der Waals surface area (Å²) in [5.74, 6) is 0.384. The highest BCUT2D eigenvalue weighted by Crippen LogP contribution is 2.31. The van der Waals surface area contributed by atoms with Crippen LogP contribution in [0.5, 0.6) is 5.75 Å². The summed E-state index contributed by atoms with van der Waals surface area (Å²) in [5.41, 5.74) is 1.55. The lowest BCUT2D eigenvalue weighted by atomic mass is 9.81. The molecule has 9 heteroatoms. The lowest BCUT2D eigenvalue weighted by Crippen LogP contribution is -2.48. The Hall–Kier alpha value is -3.56. The van der Waals surface area contributed by atoms with Gasteiger partial charge in [0.25, 0.3) is 11.8 Å². The number of hydrogen-bond donors (Lipinski definition) is 4. The average molecular weight is 462 g/mol. The number of rotatable bonds is 5. The van der Waals surface area contributed by atoms with E-state index >= 15 is 0 Å². The van der Waals surface area contributed by atoms with Gasteiger partial charge in [0.2, 0.25) is 0 Å². The van der Waals surface area contributed by atoms with Crippen molar-refractivity contribution >= 4 is 34.2 Å². The summed E-state index contributed by atoms with van der Waals surface area (Å²) in [7, 11) is 0. The van der Waals surface area contributed by atoms with Gasteiger partial charge in [0.1, 0.15) is 5.60 Å². The number of aryl methyl sites for hydroxylation is 1. The van der Waals surface area contributed by atoms with E-state index in [4.69, 9.17) is 4.74 Å². The number of nitrogens with one attached hydrogen (secondary N) is 3. The van der Waals surface area contributed by atoms with Crippen LogP contribution in [0.1, 0.15) is 37.1 Å². The van der Waals surface area contributed by atoms with Crippen LogP contribution in [0.15, 0.2) is 42.5 Å². The maximum absolute atomic E-state index is 13.0. The number of aliphatic hydroxyl groups is 1. The van der Waals surface area contributed by atoms with Gasteiger partial charge in [-0.3, -0.25) is 14.6 Å². The average Bonchev–Trinajstić information content (AvgIpc) is 2.84. The van der Waals surface area contributed by atoms with Crippen LogP contribution in [-0.2, 0) is 16.1 Å². The predicted octanol–water partition coefficient (Wildman–Crippen LogP) is 2.67. The minimum atomic E-state index is -1.42. The Balaban J connectivity index is 1.18. The normalized spacial score (nSPS) is 21.9. The first-order valence-electron chi connectivity index (χ1n) is 11.5. The lowest BCUT2D eigenvalue weighted by molar-refractivity contribution is -0.137. The molecule has 1 aliphatic carbocycles. The zero-order chi connectivity index (χ0) is 23.7. The third-order valence-corrected chi connectivity index (χ3v) is 6.45. The summed E-state index contributed by atoms with van der Waals surface area (Å²) in [4.78, 5) is 33.5. The van der Waals surface area contributed by atoms with E-state index < -0.39 is 11.5 Å². The van der Waals surface area contributed by atoms with Gasteiger partial charge in [-0.15, -0.1) is 0 Å². The van der Waals surface area contributed by atoms with Gasteiger partial charge >= 0.3 is 0 Å². The number of para-hydroxylation sites is 1. The van der Waals surface area contributed by atoms with Gasteiger partial charge in [-0.1, -0.05) is 18.2 Å². The summed E-state index contributed by atoms with van der Waals surface area (Å²) in [6.45, 7) is 2.42. The van der Waals surface area contributed by atoms with Gasteiger partial charge in [-0.2, -0.15) is 0 Å². The molecule has 2 aromatic heterocycles. The number of ether oxygens (including phenoxy) is 1. The minimum Gasteiger partial charge on any atom is -0.480 e. The summed E-state index contributed by atoms with van der Waals surface area (Å²) in [5, 5.41) is 21.1. The molecule has 4 N–H and O–H groups in total. The van der Waals surface area contributed by atoms with Crippen LogP contribution in [0.4, 0.5) is 11.5 Å². The SMILES string of the molecule is Cc1ccc2cccc(NC(=O)C3(O)CCC(NCc4ccc5c(n4)NC(=O)CO5)CC3)c2n1. The molecule has 1 aliphatic heterocycles. The van der Waals surface area contributed by atoms with Crippen LogP contribution < -0.4 is 20.7 Å². The maximum Gasteiger partial charge on any atom is 0.263 e. The molecular formula is C25H27N5O4. The molecule has 0 saturated heterocycles. The van der Waals surface area contributed by atoms with Gasteiger partial charge in [0.05, 0.1) is 16.9 Å². The fourth-order valence-electron chi connectivity index (χ4n) is 4.46. The molecule has 2 amide bonds. The molecule has 0 spiro atoms. The second-order valence-electron chi connectivity index (χ2n) is 8.96. The first-order valence-corrected chi connectivity index (χ1v) is 11.5. The minimum absolute atomic E-state index is 0.00148. The zero-order valence-electron chi connectivity index (χ0n) is 18.9. The van der Waals surface area contributed by atoms with Gasteiger partial charge in [-0.05, 0) is 56.9 Å². The van der Waals surface area contributed by atoms with Crippen molar-refractivity contribution in [3.8, 4) is 5.75 Å². The van der Waals surface area contributed by atoms with Crippen LogP contribution in [0.3, 0.4) is 0 Å². The molecule has 0 bridgehead atoms. The summed E-state index contributed by atoms with van der Waals surface area (Å²) < 4.78 is 5.34. The molecule has 2 aliphatic rings. The largest absolute Gasteiger partial charge is 0.480 e. The number of carbonyl (C=O) groups excluding carboxylic acids is 2. The molecule has 1 fully saturated rings. The molecule has 9 nitrogen and oxygen atoms in total. The molecular weight excluding hydrogens is 434 g/mol. The summed E-state index contributed by atoms with van der Waals surface area (Å²) in [6, 6.07) is 13.3. The molecule has 3 heterocycles. The number of hydrogen-bond acceptors (Lipinski definition) is 7. The van der Waals surface area contributed by atoms with Crippen molar-refractivity contribution in [3.63, 3.8) is 0 Å². The summed E-state index contributed by atoms with van der Waals surface area (Å²) in [6.07, 6.45) is 2.02. The third kappa shape index (κ3) is 4.57. The number of benzene rings is 1. The maximum atomic E-state index is 13.0. The molecule has 5 rings (SSSR count). The standard InChI is InChI=1S/C25H27N5O4/c1-15-5-6-16-3-2-4-19(22(16)27-15)29-24(32)25(33)11-9-17(10-12-25)26-13-18-7-8-20-23(28-18)30-21(31)14-34-20/h2-8,17,26,33H,9-14H2,1H3,(H,29,32)(H,28,30,31). The van der Waals surface area contributed by atoms with E-state index in [2.05, 4.69) is 25.9 Å². The van der Waals surface area contributed by atoms with Crippen LogP contribution in [0.25, 0.3) is 10.9 Å². The predicted molar refractivity (Wildman–Crippen MR) is 128 cm³/mol. The number of nitrogens with zero attached hydrogens (tertiary/aromatic N) is 2. The first kappa shape index (κ1) is 22.2. The van der Waals surface area contributed by atoms with E-state index in [0.29, 0.717) is 55.0 Å². The molecule has 0 unspecified atom stereocenters. The Kier molecular flexibility index (Phi) is 5.89. The van der Waals surface area contributed by atoms with E-state index in [1.54, 1.807) is 6.07 Å². The molecule has 34 heavy (non-hydrogen) atoms. The smallest absolute Gasteiger partial charge is 0.263 e. The topological polar surface area (TPSA) is 125 Å². The number of aromatic nitrogens is 2. The Bertz CT molecular complexity index is 1250. The Morgan fingerprint density at radius 2 is 2.00 bits per heavy atom. The Morgan fingerprint density at radius 1 is 1.18 bits per heavy atom. The quantitative estimate of drug-likeness (QED) is 0.460. The zero-order valence-corrected chi connectivity index (χ0v) is 18.9. The van der Waals surface area contributed by atoms with Crippen molar-refractivity contribution < 1.29 is 19.4 Å². The second kappa shape index (κ2) is 9.00. The van der Waals surface area contributed by atoms with E-state index in [1.165, 1.54) is 0 Å². The highest BCUT2D eigenvalue weighted by molar-refractivity contribution is 6.03. The molecule has 3 aromatic rings. The van der Waals surface area contributed by atoms with Crippen molar-refractivity contribution in [2.24, 2.45) is 0 Å². The van der Waals surface area contributed by atoms with E-state index in [9.17, 15) is 14.7 Å². The monoisotopic (exact) mass is 461 g/mol. The van der Waals surface area contributed by atoms with Gasteiger partial charge in [0, 0.05) is 23.7 Å². The fourth-order valence-corrected chi connectivity index (χ4v) is 4.46. The fraction of sp³-hybridized carbons (Fsp3) is 0.360. The molecule has 0 radical (unpaired) electrons. The molecule has 1 saturated carbocycles. The van der Waals surface area contributed by atoms with Crippen molar-refractivity contribution in [1.29, 1.82) is 0 Å². The third-order valence-electron chi connectivity index (χ3n) is 6.45. The first-order chi connectivity index (χ1) is 16.4. The van der Waals surface area contributed by atoms with Crippen LogP contribution >= 0.6 is 0 Å². The number of pyridine rings is 2. The van der Waals surface area contributed by atoms with E-state index in [-0.39, 0.29) is 18.6 Å². The van der Waals surface area contributed by atoms with Crippen LogP contribution in [0, 0.1) is 6.92 Å². The number of anilines is 2. The van der Waals surface area contributed by atoms with Crippen molar-refractivity contribution in [3.05, 3.63) is 53.9 Å². The van der Waals surface area contributed by atoms with Crippen LogP contribution in [-0.4, -0.2) is 45.1 Å². The van der Waals surface area contributed by atoms with E-state index in [1.807, 2.05) is 43.3 Å². The number of carbonyl (C=O) groups is 2. The second-order valence-corrected chi connectivity index (χ2v) is 8.96. The lowest BCUT2D eigenvalue weighted by Gasteiger charge is -2.35. The van der Waals surface area contributed by atoms with Gasteiger partial charge in [0.15, 0.2) is 18.2 Å². The van der Waals surface area contributed by atoms with Gasteiger partial charge in [-0.25, -0.2) is 4.98 Å². The van der Waals surface area contributed by atoms with Gasteiger partial charge < -0.3 is 25.8 Å². The molecule has 1 aromatic carbocycles. The van der Waals surface area contributed by atoms with E-state index in [0.717, 1.165) is 16.8 Å². The Labute approximate surface area is 196 Å². The van der Waals surface area contributed by atoms with Crippen molar-refractivity contribution in [1.82, 2.24) is 15.3 Å². The number of amides is 2. The highest BCUT2D eigenvalue weighted by Gasteiger charge is 2.40. The Morgan fingerprint density at radius 3 is 2.82 bits per heavy atom. The van der Waals surface area contributed by atoms with Crippen molar-refractivity contribution in [2.75, 3.05) is 17.2 Å². The highest BCUT2D eigenvalue weighted by atomic mass is 16.5. The summed E-state index contributed by atoms with van der Waals surface area (Å²) >= 11 is 0. The van der Waals surface area contributed by atoms with Crippen LogP contribution in [0.2, 0.25) is 0 Å². The molecule has 176 valence electrons. The number of fused-ring (bicyclic) bond motifs is 2. The van der Waals surface area contributed by atoms with Crippen molar-refractivity contribution in [2.45, 2.75) is 50.8 Å². The molecule has 0 atom stereocenters.